The maximum atomic E-state index is 13.1. The number of esters is 1. The first-order valence-electron chi connectivity index (χ1n) is 12.9. The second-order valence-corrected chi connectivity index (χ2v) is 9.86. The Kier molecular flexibility index (Phi) is 7.77. The van der Waals surface area contributed by atoms with Gasteiger partial charge in [-0.1, -0.05) is 30.4 Å². The van der Waals surface area contributed by atoms with Gasteiger partial charge in [-0.15, -0.1) is 5.06 Å². The number of nitro benzene ring substituents is 1. The topological polar surface area (TPSA) is 171 Å². The molecule has 212 valence electrons. The first-order valence-corrected chi connectivity index (χ1v) is 12.9. The standard InChI is InChI=1S/C28H25N3O10/c32-24-22-18-8-9-19(14-18)23(22)25(33)30(24)41-27(35)21(40-26(34)17-4-2-1-3-5-17)12-13-29-28(36)39-15-16-6-10-20(11-7-16)31(37)38/h1-11,18-19,21-23H,12-15H2,(H,29,36)/t18?,19?,21-,22-,23+/m1/s1. The van der Waals surface area contributed by atoms with E-state index in [-0.39, 0.29) is 42.7 Å². The fourth-order valence-electron chi connectivity index (χ4n) is 5.33. The molecule has 1 N–H and O–H groups in total. The van der Waals surface area contributed by atoms with E-state index in [1.165, 1.54) is 36.4 Å². The van der Waals surface area contributed by atoms with E-state index in [0.29, 0.717) is 17.0 Å². The van der Waals surface area contributed by atoms with Crippen molar-refractivity contribution in [3.05, 3.63) is 88.0 Å². The van der Waals surface area contributed by atoms with Crippen LogP contribution in [0.15, 0.2) is 66.7 Å². The summed E-state index contributed by atoms with van der Waals surface area (Å²) in [4.78, 5) is 79.1. The molecule has 0 radical (unpaired) electrons. The second-order valence-electron chi connectivity index (χ2n) is 9.86. The van der Waals surface area contributed by atoms with Crippen LogP contribution in [0.1, 0.15) is 28.8 Å². The Labute approximate surface area is 233 Å². The van der Waals surface area contributed by atoms with Crippen molar-refractivity contribution in [2.24, 2.45) is 23.7 Å². The molecule has 1 aliphatic heterocycles. The minimum atomic E-state index is -1.56. The lowest BCUT2D eigenvalue weighted by molar-refractivity contribution is -0.384. The summed E-state index contributed by atoms with van der Waals surface area (Å²) in [5.41, 5.74) is 0.564. The third-order valence-corrected chi connectivity index (χ3v) is 7.33. The molecule has 3 aliphatic rings. The van der Waals surface area contributed by atoms with Crippen LogP contribution in [-0.4, -0.2) is 52.5 Å². The number of carbonyl (C=O) groups is 5. The average Bonchev–Trinajstić information content (AvgIpc) is 3.66. The molecule has 2 bridgehead atoms. The molecule has 13 nitrogen and oxygen atoms in total. The number of fused-ring (bicyclic) bond motifs is 5. The van der Waals surface area contributed by atoms with Gasteiger partial charge in [-0.2, -0.15) is 0 Å². The zero-order chi connectivity index (χ0) is 29.1. The van der Waals surface area contributed by atoms with E-state index in [9.17, 15) is 34.1 Å². The Balaban J connectivity index is 1.18. The largest absolute Gasteiger partial charge is 0.447 e. The lowest BCUT2D eigenvalue weighted by Crippen LogP contribution is -2.41. The van der Waals surface area contributed by atoms with Crippen LogP contribution in [0.4, 0.5) is 10.5 Å². The van der Waals surface area contributed by atoms with Gasteiger partial charge in [0.15, 0.2) is 0 Å². The SMILES string of the molecule is O=C(NCC[C@@H](OC(=O)c1ccccc1)C(=O)ON1C(=O)[C@@H]2C3C=CC(C3)[C@@H]2C1=O)OCc1ccc([N+](=O)[O-])cc1. The number of nitrogens with one attached hydrogen (secondary N) is 1. The van der Waals surface area contributed by atoms with Crippen molar-refractivity contribution in [2.75, 3.05) is 6.54 Å². The molecule has 3 amide bonds. The maximum Gasteiger partial charge on any atom is 0.407 e. The molecule has 41 heavy (non-hydrogen) atoms. The molecule has 2 aliphatic carbocycles. The zero-order valence-electron chi connectivity index (χ0n) is 21.5. The normalized spacial score (nSPS) is 22.7. The third kappa shape index (κ3) is 5.78. The maximum absolute atomic E-state index is 13.1. The summed E-state index contributed by atoms with van der Waals surface area (Å²) in [6.07, 6.45) is 1.84. The van der Waals surface area contributed by atoms with E-state index in [2.05, 4.69) is 5.32 Å². The highest BCUT2D eigenvalue weighted by atomic mass is 16.7. The number of hydrogen-bond acceptors (Lipinski definition) is 10. The second kappa shape index (κ2) is 11.6. The first-order chi connectivity index (χ1) is 19.7. The summed E-state index contributed by atoms with van der Waals surface area (Å²) in [7, 11) is 0. The molecular formula is C28H25N3O10. The summed E-state index contributed by atoms with van der Waals surface area (Å²) >= 11 is 0. The quantitative estimate of drug-likeness (QED) is 0.149. The van der Waals surface area contributed by atoms with Crippen LogP contribution in [0.5, 0.6) is 0 Å². The van der Waals surface area contributed by atoms with Crippen LogP contribution in [0.3, 0.4) is 0 Å². The molecule has 1 saturated heterocycles. The van der Waals surface area contributed by atoms with Gasteiger partial charge in [0.1, 0.15) is 6.61 Å². The van der Waals surface area contributed by atoms with Crippen molar-refractivity contribution in [3.8, 4) is 0 Å². The molecule has 2 aromatic rings. The van der Waals surface area contributed by atoms with Crippen molar-refractivity contribution in [3.63, 3.8) is 0 Å². The first kappa shape index (κ1) is 27.5. The van der Waals surface area contributed by atoms with Gasteiger partial charge in [0, 0.05) is 25.1 Å². The molecule has 2 fully saturated rings. The molecule has 1 heterocycles. The molecule has 1 saturated carbocycles. The Bertz CT molecular complexity index is 1380. The van der Waals surface area contributed by atoms with Crippen molar-refractivity contribution in [2.45, 2.75) is 25.6 Å². The number of benzene rings is 2. The molecule has 0 aromatic heterocycles. The predicted molar refractivity (Wildman–Crippen MR) is 137 cm³/mol. The summed E-state index contributed by atoms with van der Waals surface area (Å²) in [5, 5.41) is 13.6. The number of hydrogen-bond donors (Lipinski definition) is 1. The van der Waals surface area contributed by atoms with Gasteiger partial charge in [0.25, 0.3) is 17.5 Å². The summed E-state index contributed by atoms with van der Waals surface area (Å²) in [6, 6.07) is 13.3. The fraction of sp³-hybridized carbons (Fsp3) is 0.321. The molecule has 2 unspecified atom stereocenters. The molecule has 2 aromatic carbocycles. The predicted octanol–water partition coefficient (Wildman–Crippen LogP) is 2.70. The smallest absolute Gasteiger partial charge is 0.407 e. The number of imide groups is 1. The van der Waals surface area contributed by atoms with E-state index in [1.54, 1.807) is 18.2 Å². The third-order valence-electron chi connectivity index (χ3n) is 7.33. The summed E-state index contributed by atoms with van der Waals surface area (Å²) < 4.78 is 10.4. The van der Waals surface area contributed by atoms with Crippen LogP contribution < -0.4 is 5.32 Å². The number of amides is 3. The van der Waals surface area contributed by atoms with E-state index < -0.39 is 52.7 Å². The van der Waals surface area contributed by atoms with Crippen molar-refractivity contribution >= 4 is 35.5 Å². The number of nitrogens with zero attached hydrogens (tertiary/aromatic N) is 2. The molecule has 0 spiro atoms. The Morgan fingerprint density at radius 3 is 2.22 bits per heavy atom. The highest BCUT2D eigenvalue weighted by Gasteiger charge is 2.61. The van der Waals surface area contributed by atoms with E-state index in [1.807, 2.05) is 12.2 Å². The highest BCUT2D eigenvalue weighted by molar-refractivity contribution is 6.06. The lowest BCUT2D eigenvalue weighted by Gasteiger charge is -2.21. The molecule has 5 rings (SSSR count). The van der Waals surface area contributed by atoms with Crippen molar-refractivity contribution < 1.29 is 43.2 Å². The van der Waals surface area contributed by atoms with E-state index in [0.717, 1.165) is 0 Å². The number of ether oxygens (including phenoxy) is 2. The number of alkyl carbamates (subject to hydrolysis) is 1. The van der Waals surface area contributed by atoms with Gasteiger partial charge in [-0.05, 0) is 48.1 Å². The summed E-state index contributed by atoms with van der Waals surface area (Å²) in [5.74, 6) is -4.52. The zero-order valence-corrected chi connectivity index (χ0v) is 21.5. The average molecular weight is 564 g/mol. The molecule has 5 atom stereocenters. The number of nitro groups is 1. The van der Waals surface area contributed by atoms with Crippen LogP contribution in [0.25, 0.3) is 0 Å². The number of hydroxylamine groups is 2. The monoisotopic (exact) mass is 563 g/mol. The van der Waals surface area contributed by atoms with Gasteiger partial charge >= 0.3 is 18.0 Å². The van der Waals surface area contributed by atoms with Gasteiger partial charge in [-0.25, -0.2) is 14.4 Å². The number of carbonyl (C=O) groups excluding carboxylic acids is 5. The molecule has 13 heteroatoms. The highest BCUT2D eigenvalue weighted by Crippen LogP contribution is 2.52. The van der Waals surface area contributed by atoms with Crippen molar-refractivity contribution in [1.82, 2.24) is 10.4 Å². The van der Waals surface area contributed by atoms with Gasteiger partial charge in [0.2, 0.25) is 6.10 Å². The van der Waals surface area contributed by atoms with E-state index in [4.69, 9.17) is 14.3 Å². The molecular weight excluding hydrogens is 538 g/mol. The van der Waals surface area contributed by atoms with Crippen LogP contribution in [0.2, 0.25) is 0 Å². The number of allylic oxidation sites excluding steroid dienone is 2. The van der Waals surface area contributed by atoms with Gasteiger partial charge in [0.05, 0.1) is 22.3 Å². The summed E-state index contributed by atoms with van der Waals surface area (Å²) in [6.45, 7) is -0.362. The Morgan fingerprint density at radius 1 is 0.976 bits per heavy atom. The Morgan fingerprint density at radius 2 is 1.61 bits per heavy atom. The Hall–Kier alpha value is -5.07. The van der Waals surface area contributed by atoms with Crippen LogP contribution in [0, 0.1) is 33.8 Å². The number of rotatable bonds is 10. The van der Waals surface area contributed by atoms with Gasteiger partial charge < -0.3 is 19.6 Å². The number of non-ortho nitro benzene ring substituents is 1. The minimum absolute atomic E-state index is 0.0851. The van der Waals surface area contributed by atoms with Crippen LogP contribution >= 0.6 is 0 Å². The van der Waals surface area contributed by atoms with Crippen LogP contribution in [-0.2, 0) is 35.3 Å². The van der Waals surface area contributed by atoms with Crippen molar-refractivity contribution in [1.29, 1.82) is 0 Å². The van der Waals surface area contributed by atoms with Gasteiger partial charge in [-0.3, -0.25) is 19.7 Å². The van der Waals surface area contributed by atoms with E-state index >= 15 is 0 Å². The minimum Gasteiger partial charge on any atom is -0.447 e. The fourth-order valence-corrected chi connectivity index (χ4v) is 5.33. The lowest BCUT2D eigenvalue weighted by atomic mass is 9.85.